The van der Waals surface area contributed by atoms with Gasteiger partial charge in [-0.25, -0.2) is 17.9 Å². The van der Waals surface area contributed by atoms with Crippen LogP contribution in [-0.2, 0) is 6.54 Å². The van der Waals surface area contributed by atoms with E-state index in [1.165, 1.54) is 50.2 Å². The minimum absolute atomic E-state index is 0.0521. The molecule has 200 valence electrons. The van der Waals surface area contributed by atoms with Gasteiger partial charge in [-0.2, -0.15) is 5.26 Å². The van der Waals surface area contributed by atoms with Crippen LogP contribution in [0.15, 0.2) is 42.5 Å². The topological polar surface area (TPSA) is 121 Å². The Morgan fingerprint density at radius 1 is 1.13 bits per heavy atom. The van der Waals surface area contributed by atoms with Crippen LogP contribution in [-0.4, -0.2) is 55.6 Å². The molecule has 1 fully saturated rings. The second kappa shape index (κ2) is 9.80. The minimum Gasteiger partial charge on any atom is -0.389 e. The first-order valence-corrected chi connectivity index (χ1v) is 12.3. The van der Waals surface area contributed by atoms with Gasteiger partial charge in [-0.3, -0.25) is 4.79 Å². The van der Waals surface area contributed by atoms with Crippen molar-refractivity contribution in [2.24, 2.45) is 5.73 Å². The van der Waals surface area contributed by atoms with E-state index in [9.17, 15) is 14.3 Å². The van der Waals surface area contributed by atoms with Crippen LogP contribution in [0.25, 0.3) is 33.3 Å². The van der Waals surface area contributed by atoms with Crippen LogP contribution in [0, 0.1) is 28.8 Å². The number of rotatable bonds is 5. The zero-order valence-electron chi connectivity index (χ0n) is 21.3. The van der Waals surface area contributed by atoms with Crippen LogP contribution in [0.1, 0.15) is 36.2 Å². The average Bonchev–Trinajstić information content (AvgIpc) is 3.50. The van der Waals surface area contributed by atoms with Crippen molar-refractivity contribution in [3.63, 3.8) is 0 Å². The van der Waals surface area contributed by atoms with Crippen molar-refractivity contribution in [3.8, 4) is 28.3 Å². The van der Waals surface area contributed by atoms with Gasteiger partial charge in [0.25, 0.3) is 5.91 Å². The standard InChI is InChI=1S/C28H25F3N6O2/c1-28(2,39)14-37-26-23(34-35-37)11-21(24(30)25(26)31)19-6-5-16(27(38)36-8-7-18(33)13-36)9-20(19)15-3-4-17(12-32)22(29)10-15/h3-6,9-11,18,39H,7-8,13-14,33H2,1-2H3/t18-/m1/s1. The molecule has 1 atom stereocenters. The van der Waals surface area contributed by atoms with Crippen LogP contribution >= 0.6 is 0 Å². The van der Waals surface area contributed by atoms with Gasteiger partial charge in [0.15, 0.2) is 11.6 Å². The van der Waals surface area contributed by atoms with Gasteiger partial charge >= 0.3 is 0 Å². The summed E-state index contributed by atoms with van der Waals surface area (Å²) in [6.07, 6.45) is 0.663. The van der Waals surface area contributed by atoms with E-state index in [-0.39, 0.29) is 62.9 Å². The zero-order chi connectivity index (χ0) is 28.1. The van der Waals surface area contributed by atoms with Gasteiger partial charge in [0.1, 0.15) is 22.9 Å². The summed E-state index contributed by atoms with van der Waals surface area (Å²) in [5.41, 5.74) is 5.17. The van der Waals surface area contributed by atoms with Crippen molar-refractivity contribution in [2.75, 3.05) is 13.1 Å². The lowest BCUT2D eigenvalue weighted by Crippen LogP contribution is -2.31. The van der Waals surface area contributed by atoms with Crippen LogP contribution < -0.4 is 5.73 Å². The molecule has 0 unspecified atom stereocenters. The lowest BCUT2D eigenvalue weighted by Gasteiger charge is -2.19. The average molecular weight is 535 g/mol. The molecule has 0 saturated carbocycles. The molecule has 39 heavy (non-hydrogen) atoms. The summed E-state index contributed by atoms with van der Waals surface area (Å²) < 4.78 is 46.8. The van der Waals surface area contributed by atoms with E-state index in [4.69, 9.17) is 11.0 Å². The van der Waals surface area contributed by atoms with E-state index in [0.29, 0.717) is 19.5 Å². The number of carbonyl (C=O) groups excluding carboxylic acids is 1. The molecule has 3 aromatic carbocycles. The number of halogens is 3. The Balaban J connectivity index is 1.69. The number of fused-ring (bicyclic) bond motifs is 1. The van der Waals surface area contributed by atoms with Crippen LogP contribution in [0.4, 0.5) is 13.2 Å². The van der Waals surface area contributed by atoms with E-state index in [1.54, 1.807) is 11.0 Å². The number of hydrogen-bond acceptors (Lipinski definition) is 6. The van der Waals surface area contributed by atoms with Gasteiger partial charge in [-0.05, 0) is 67.3 Å². The number of amides is 1. The van der Waals surface area contributed by atoms with Crippen LogP contribution in [0.3, 0.4) is 0 Å². The molecule has 1 aromatic heterocycles. The number of aromatic nitrogens is 3. The van der Waals surface area contributed by atoms with E-state index < -0.39 is 23.1 Å². The fourth-order valence-electron chi connectivity index (χ4n) is 4.82. The van der Waals surface area contributed by atoms with Crippen molar-refractivity contribution in [1.29, 1.82) is 5.26 Å². The highest BCUT2D eigenvalue weighted by Crippen LogP contribution is 2.38. The Kier molecular flexibility index (Phi) is 6.62. The summed E-state index contributed by atoms with van der Waals surface area (Å²) in [7, 11) is 0. The Labute approximate surface area is 222 Å². The second-order valence-corrected chi connectivity index (χ2v) is 10.3. The van der Waals surface area contributed by atoms with Gasteiger partial charge in [-0.1, -0.05) is 17.3 Å². The van der Waals surface area contributed by atoms with Gasteiger partial charge in [0.2, 0.25) is 0 Å². The third kappa shape index (κ3) is 4.96. The number of nitriles is 1. The number of nitrogens with two attached hydrogens (primary N) is 1. The number of benzene rings is 3. The van der Waals surface area contributed by atoms with Gasteiger partial charge in [0.05, 0.1) is 17.7 Å². The maximum Gasteiger partial charge on any atom is 0.253 e. The molecule has 1 aliphatic rings. The van der Waals surface area contributed by atoms with E-state index in [0.717, 1.165) is 10.7 Å². The normalized spacial score (nSPS) is 15.6. The number of nitrogens with zero attached hydrogens (tertiary/aromatic N) is 5. The molecule has 0 spiro atoms. The summed E-state index contributed by atoms with van der Waals surface area (Å²) in [5, 5.41) is 27.1. The van der Waals surface area contributed by atoms with Gasteiger partial charge in [0, 0.05) is 30.3 Å². The molecule has 1 amide bonds. The third-order valence-corrected chi connectivity index (χ3v) is 6.69. The third-order valence-electron chi connectivity index (χ3n) is 6.69. The summed E-state index contributed by atoms with van der Waals surface area (Å²) in [4.78, 5) is 14.8. The van der Waals surface area contributed by atoms with Crippen molar-refractivity contribution in [1.82, 2.24) is 19.9 Å². The van der Waals surface area contributed by atoms with Crippen LogP contribution in [0.5, 0.6) is 0 Å². The van der Waals surface area contributed by atoms with Crippen molar-refractivity contribution in [3.05, 3.63) is 71.0 Å². The summed E-state index contributed by atoms with van der Waals surface area (Å²) in [6.45, 7) is 3.76. The summed E-state index contributed by atoms with van der Waals surface area (Å²) in [5.74, 6) is -3.48. The van der Waals surface area contributed by atoms with Gasteiger partial charge in [-0.15, -0.1) is 5.10 Å². The second-order valence-electron chi connectivity index (χ2n) is 10.3. The van der Waals surface area contributed by atoms with E-state index in [2.05, 4.69) is 10.3 Å². The fourth-order valence-corrected chi connectivity index (χ4v) is 4.82. The molecule has 1 saturated heterocycles. The zero-order valence-corrected chi connectivity index (χ0v) is 21.3. The summed E-state index contributed by atoms with van der Waals surface area (Å²) in [6, 6.07) is 11.3. The first kappa shape index (κ1) is 26.3. The highest BCUT2D eigenvalue weighted by atomic mass is 19.2. The molecular formula is C28H25F3N6O2. The monoisotopic (exact) mass is 534 g/mol. The lowest BCUT2D eigenvalue weighted by atomic mass is 9.91. The fraction of sp³-hybridized carbons (Fsp3) is 0.286. The number of aliphatic hydroxyl groups is 1. The smallest absolute Gasteiger partial charge is 0.253 e. The number of likely N-dealkylation sites (tertiary alicyclic amines) is 1. The van der Waals surface area contributed by atoms with Crippen molar-refractivity contribution >= 4 is 16.9 Å². The highest BCUT2D eigenvalue weighted by Gasteiger charge is 2.27. The van der Waals surface area contributed by atoms with Crippen molar-refractivity contribution < 1.29 is 23.1 Å². The Morgan fingerprint density at radius 2 is 1.90 bits per heavy atom. The molecular weight excluding hydrogens is 509 g/mol. The molecule has 4 aromatic rings. The predicted molar refractivity (Wildman–Crippen MR) is 138 cm³/mol. The minimum atomic E-state index is -1.25. The van der Waals surface area contributed by atoms with Crippen molar-refractivity contribution in [2.45, 2.75) is 38.5 Å². The molecule has 5 rings (SSSR count). The molecule has 3 N–H and O–H groups in total. The molecule has 0 aliphatic carbocycles. The maximum absolute atomic E-state index is 15.6. The largest absolute Gasteiger partial charge is 0.389 e. The highest BCUT2D eigenvalue weighted by molar-refractivity contribution is 5.98. The quantitative estimate of drug-likeness (QED) is 0.399. The molecule has 1 aliphatic heterocycles. The van der Waals surface area contributed by atoms with Gasteiger partial charge < -0.3 is 15.7 Å². The first-order chi connectivity index (χ1) is 18.5. The Bertz CT molecular complexity index is 1650. The molecule has 0 radical (unpaired) electrons. The number of carbonyl (C=O) groups is 1. The summed E-state index contributed by atoms with van der Waals surface area (Å²) >= 11 is 0. The maximum atomic E-state index is 15.6. The first-order valence-electron chi connectivity index (χ1n) is 12.3. The molecule has 8 nitrogen and oxygen atoms in total. The molecule has 0 bridgehead atoms. The lowest BCUT2D eigenvalue weighted by molar-refractivity contribution is 0.0583. The SMILES string of the molecule is CC(C)(O)Cn1nnc2cc(-c3ccc(C(=O)N4CC[C@@H](N)C4)cc3-c3ccc(C#N)c(F)c3)c(F)c(F)c21. The van der Waals surface area contributed by atoms with E-state index >= 15 is 8.78 Å². The van der Waals surface area contributed by atoms with E-state index in [1.807, 2.05) is 0 Å². The Morgan fingerprint density at radius 3 is 2.54 bits per heavy atom. The predicted octanol–water partition coefficient (Wildman–Crippen LogP) is 4.00. The Hall–Kier alpha value is -4.27. The molecule has 11 heteroatoms. The van der Waals surface area contributed by atoms with Crippen LogP contribution in [0.2, 0.25) is 0 Å². The number of hydrogen-bond donors (Lipinski definition) is 2. The molecule has 2 heterocycles.